The van der Waals surface area contributed by atoms with Crippen LogP contribution in [0.25, 0.3) is 0 Å². The smallest absolute Gasteiger partial charge is 0.216 e. The van der Waals surface area contributed by atoms with Crippen LogP contribution in [0.15, 0.2) is 0 Å². The van der Waals surface area contributed by atoms with E-state index in [1.807, 2.05) is 0 Å². The summed E-state index contributed by atoms with van der Waals surface area (Å²) in [6, 6.07) is 0. The largest absolute Gasteiger partial charge is 0.356 e. The molecule has 0 bridgehead atoms. The molecule has 7 N–H and O–H groups in total. The molecule has 0 rings (SSSR count). The molecule has 0 aliphatic rings. The molecule has 0 heterocycles. The van der Waals surface area contributed by atoms with Crippen LogP contribution in [0.1, 0.15) is 45.4 Å². The fourth-order valence-electron chi connectivity index (χ4n) is 2.38. The monoisotopic (exact) mass is 358 g/mol. The number of nitrogens with two attached hydrogens (primary N) is 1. The molecule has 0 unspecified atom stereocenters. The highest BCUT2D eigenvalue weighted by Crippen LogP contribution is 1.85. The van der Waals surface area contributed by atoms with Gasteiger partial charge in [-0.1, -0.05) is 0 Å². The van der Waals surface area contributed by atoms with E-state index in [1.54, 1.807) is 6.92 Å². The fourth-order valence-corrected chi connectivity index (χ4v) is 2.38. The first-order valence-electron chi connectivity index (χ1n) is 10.0. The number of hydrogen-bond donors (Lipinski definition) is 6. The minimum atomic E-state index is 0.0598. The Morgan fingerprint density at radius 3 is 1.36 bits per heavy atom. The zero-order valence-corrected chi connectivity index (χ0v) is 16.3. The quantitative estimate of drug-likeness (QED) is 0.168. The van der Waals surface area contributed by atoms with E-state index in [0.29, 0.717) is 0 Å². The van der Waals surface area contributed by atoms with Crippen LogP contribution in [-0.4, -0.2) is 71.4 Å². The number of carbonyl (C=O) groups excluding carboxylic acids is 1. The van der Waals surface area contributed by atoms with Crippen molar-refractivity contribution in [1.82, 2.24) is 26.6 Å². The standard InChI is InChI=1S/C18H42N6O/c1-18(25)24-17-3-2-9-20-11-5-13-22-15-7-16-23-14-6-12-21-10-4-8-19/h20-23H,2-17,19H2,1H3,(H,24,25). The van der Waals surface area contributed by atoms with Gasteiger partial charge < -0.3 is 32.3 Å². The Kier molecular flexibility index (Phi) is 20.7. The van der Waals surface area contributed by atoms with Crippen LogP contribution >= 0.6 is 0 Å². The van der Waals surface area contributed by atoms with E-state index >= 15 is 0 Å². The Balaban J connectivity index is 2.97. The summed E-state index contributed by atoms with van der Waals surface area (Å²) in [5, 5.41) is 16.6. The second-order valence-electron chi connectivity index (χ2n) is 6.39. The summed E-state index contributed by atoms with van der Waals surface area (Å²) in [4.78, 5) is 10.7. The van der Waals surface area contributed by atoms with Crippen LogP contribution < -0.4 is 32.3 Å². The molecule has 25 heavy (non-hydrogen) atoms. The molecule has 0 aromatic heterocycles. The summed E-state index contributed by atoms with van der Waals surface area (Å²) in [5.74, 6) is 0.0598. The Hall–Kier alpha value is -0.730. The minimum Gasteiger partial charge on any atom is -0.356 e. The second kappa shape index (κ2) is 21.3. The van der Waals surface area contributed by atoms with Gasteiger partial charge in [-0.25, -0.2) is 0 Å². The molecule has 0 aromatic rings. The molecule has 0 saturated heterocycles. The Morgan fingerprint density at radius 2 is 0.960 bits per heavy atom. The molecule has 7 heteroatoms. The first-order chi connectivity index (χ1) is 12.3. The SMILES string of the molecule is CC(=O)NCCCCNCCCNCCCNCCCNCCCN. The third-order valence-corrected chi connectivity index (χ3v) is 3.83. The zero-order chi connectivity index (χ0) is 18.4. The van der Waals surface area contributed by atoms with Crippen molar-refractivity contribution in [1.29, 1.82) is 0 Å². The van der Waals surface area contributed by atoms with Gasteiger partial charge >= 0.3 is 0 Å². The van der Waals surface area contributed by atoms with Gasteiger partial charge in [0.2, 0.25) is 5.91 Å². The van der Waals surface area contributed by atoms with Gasteiger partial charge in [-0.15, -0.1) is 0 Å². The average molecular weight is 359 g/mol. The molecule has 0 aliphatic heterocycles. The van der Waals surface area contributed by atoms with Crippen molar-refractivity contribution in [3.8, 4) is 0 Å². The Labute approximate surface area is 154 Å². The molecule has 0 saturated carbocycles. The summed E-state index contributed by atoms with van der Waals surface area (Å²) in [6.45, 7) is 11.6. The van der Waals surface area contributed by atoms with Gasteiger partial charge in [-0.2, -0.15) is 0 Å². The van der Waals surface area contributed by atoms with Crippen molar-refractivity contribution in [2.75, 3.05) is 65.4 Å². The van der Waals surface area contributed by atoms with Crippen molar-refractivity contribution in [3.05, 3.63) is 0 Å². The van der Waals surface area contributed by atoms with Gasteiger partial charge in [0.15, 0.2) is 0 Å². The lowest BCUT2D eigenvalue weighted by molar-refractivity contribution is -0.118. The predicted molar refractivity (Wildman–Crippen MR) is 107 cm³/mol. The first kappa shape index (κ1) is 24.3. The van der Waals surface area contributed by atoms with E-state index in [0.717, 1.165) is 91.1 Å². The molecule has 150 valence electrons. The maximum Gasteiger partial charge on any atom is 0.216 e. The zero-order valence-electron chi connectivity index (χ0n) is 16.3. The van der Waals surface area contributed by atoms with E-state index in [1.165, 1.54) is 12.8 Å². The van der Waals surface area contributed by atoms with Gasteiger partial charge in [0, 0.05) is 13.5 Å². The van der Waals surface area contributed by atoms with Crippen molar-refractivity contribution < 1.29 is 4.79 Å². The lowest BCUT2D eigenvalue weighted by Crippen LogP contribution is -2.27. The summed E-state index contributed by atoms with van der Waals surface area (Å²) in [7, 11) is 0. The fraction of sp³-hybridized carbons (Fsp3) is 0.944. The van der Waals surface area contributed by atoms with E-state index in [4.69, 9.17) is 5.73 Å². The van der Waals surface area contributed by atoms with Crippen LogP contribution in [0.3, 0.4) is 0 Å². The lowest BCUT2D eigenvalue weighted by Gasteiger charge is -2.08. The molecule has 7 nitrogen and oxygen atoms in total. The first-order valence-corrected chi connectivity index (χ1v) is 10.0. The van der Waals surface area contributed by atoms with Gasteiger partial charge in [-0.3, -0.25) is 4.79 Å². The van der Waals surface area contributed by atoms with Crippen LogP contribution in [0.5, 0.6) is 0 Å². The molecule has 1 amide bonds. The van der Waals surface area contributed by atoms with E-state index in [9.17, 15) is 4.79 Å². The topological polar surface area (TPSA) is 103 Å². The van der Waals surface area contributed by atoms with Gasteiger partial charge in [-0.05, 0) is 97.4 Å². The Morgan fingerprint density at radius 1 is 0.600 bits per heavy atom. The third-order valence-electron chi connectivity index (χ3n) is 3.83. The summed E-state index contributed by atoms with van der Waals surface area (Å²) in [6.07, 6.45) is 6.73. The second-order valence-corrected chi connectivity index (χ2v) is 6.39. The normalized spacial score (nSPS) is 11.0. The minimum absolute atomic E-state index is 0.0598. The van der Waals surface area contributed by atoms with Gasteiger partial charge in [0.25, 0.3) is 0 Å². The maximum absolute atomic E-state index is 10.7. The Bertz CT molecular complexity index is 278. The molecule has 0 fully saturated rings. The highest BCUT2D eigenvalue weighted by atomic mass is 16.1. The molecule has 0 atom stereocenters. The average Bonchev–Trinajstić information content (AvgIpc) is 2.60. The van der Waals surface area contributed by atoms with E-state index in [2.05, 4.69) is 26.6 Å². The number of nitrogens with one attached hydrogen (secondary N) is 5. The predicted octanol–water partition coefficient (Wildman–Crippen LogP) is -0.220. The molecule has 0 radical (unpaired) electrons. The number of amides is 1. The molecular weight excluding hydrogens is 316 g/mol. The number of carbonyl (C=O) groups is 1. The van der Waals surface area contributed by atoms with Crippen LogP contribution in [-0.2, 0) is 4.79 Å². The van der Waals surface area contributed by atoms with E-state index < -0.39 is 0 Å². The molecule has 0 aliphatic carbocycles. The van der Waals surface area contributed by atoms with Crippen molar-refractivity contribution in [2.45, 2.75) is 45.4 Å². The van der Waals surface area contributed by atoms with Gasteiger partial charge in [0.1, 0.15) is 0 Å². The van der Waals surface area contributed by atoms with Crippen molar-refractivity contribution in [2.24, 2.45) is 5.73 Å². The summed E-state index contributed by atoms with van der Waals surface area (Å²) in [5.41, 5.74) is 5.44. The number of hydrogen-bond acceptors (Lipinski definition) is 6. The molecule has 0 aromatic carbocycles. The molecule has 0 spiro atoms. The third kappa shape index (κ3) is 23.3. The van der Waals surface area contributed by atoms with Crippen LogP contribution in [0.2, 0.25) is 0 Å². The number of unbranched alkanes of at least 4 members (excludes halogenated alkanes) is 1. The highest BCUT2D eigenvalue weighted by molar-refractivity contribution is 5.72. The van der Waals surface area contributed by atoms with Gasteiger partial charge in [0.05, 0.1) is 0 Å². The summed E-state index contributed by atoms with van der Waals surface area (Å²) < 4.78 is 0. The van der Waals surface area contributed by atoms with Crippen molar-refractivity contribution in [3.63, 3.8) is 0 Å². The maximum atomic E-state index is 10.7. The highest BCUT2D eigenvalue weighted by Gasteiger charge is 1.93. The number of rotatable bonds is 20. The van der Waals surface area contributed by atoms with Crippen molar-refractivity contribution >= 4 is 5.91 Å². The lowest BCUT2D eigenvalue weighted by atomic mass is 10.3. The van der Waals surface area contributed by atoms with E-state index in [-0.39, 0.29) is 5.91 Å². The molecular formula is C18H42N6O. The summed E-state index contributed by atoms with van der Waals surface area (Å²) >= 11 is 0. The van der Waals surface area contributed by atoms with Crippen LogP contribution in [0, 0.1) is 0 Å². The van der Waals surface area contributed by atoms with Crippen LogP contribution in [0.4, 0.5) is 0 Å².